The molecule has 0 bridgehead atoms. The number of nitrogens with two attached hydrogens (primary N) is 1. The molecule has 2 aliphatic rings. The number of fused-ring (bicyclic) bond motifs is 3. The maximum atomic E-state index is 13.0. The number of piperidine rings is 1. The molecular formula is C24H38N2O4. The van der Waals surface area contributed by atoms with Crippen molar-refractivity contribution in [2.75, 3.05) is 27.3 Å². The topological polar surface area (TPSA) is 74.0 Å². The molecule has 0 aromatic heterocycles. The van der Waals surface area contributed by atoms with Crippen LogP contribution in [0.25, 0.3) is 0 Å². The highest BCUT2D eigenvalue weighted by Crippen LogP contribution is 2.44. The van der Waals surface area contributed by atoms with Crippen molar-refractivity contribution in [1.82, 2.24) is 4.90 Å². The Balaban J connectivity index is 2.31. The molecule has 0 spiro atoms. The fourth-order valence-electron chi connectivity index (χ4n) is 3.70. The van der Waals surface area contributed by atoms with Crippen LogP contribution in [0.3, 0.4) is 0 Å². The third kappa shape index (κ3) is 4.75. The molecule has 1 saturated heterocycles. The number of nitrogens with zero attached hydrogens (tertiary/aromatic N) is 1. The molecule has 0 amide bonds. The summed E-state index contributed by atoms with van der Waals surface area (Å²) >= 11 is 0. The van der Waals surface area contributed by atoms with E-state index in [1.165, 1.54) is 19.1 Å². The van der Waals surface area contributed by atoms with Crippen molar-refractivity contribution in [2.45, 2.75) is 65.1 Å². The van der Waals surface area contributed by atoms with Crippen molar-refractivity contribution in [1.29, 1.82) is 0 Å². The standard InChI is InChI=1S/C24H38N2O4/c1-14(2)9-17-13-26-8-7-16-10-21(28-5)22(29-6)11-18(16)19(26)12-20(17)30-24(27)23(25)15(3)4/h10-11,14-15,17,19-20,23H,7-9,12-13,25H2,1-6H3/t17?,19?,20?,23-/m0/s1/i10D,11D,12D2,13D2,17D. The van der Waals surface area contributed by atoms with Gasteiger partial charge in [0.05, 0.1) is 17.0 Å². The summed E-state index contributed by atoms with van der Waals surface area (Å²) < 4.78 is 80.0. The van der Waals surface area contributed by atoms with Crippen LogP contribution in [0.4, 0.5) is 0 Å². The van der Waals surface area contributed by atoms with Crippen molar-refractivity contribution in [2.24, 2.45) is 23.5 Å². The molecule has 30 heavy (non-hydrogen) atoms. The van der Waals surface area contributed by atoms with E-state index < -0.39 is 42.9 Å². The molecule has 6 nitrogen and oxygen atoms in total. The Kier molecular flexibility index (Phi) is 4.81. The normalized spacial score (nSPS) is 34.1. The average molecular weight is 426 g/mol. The zero-order valence-corrected chi connectivity index (χ0v) is 18.7. The number of hydrogen-bond acceptors (Lipinski definition) is 6. The predicted molar refractivity (Wildman–Crippen MR) is 118 cm³/mol. The number of benzene rings is 1. The fraction of sp³-hybridized carbons (Fsp3) is 0.708. The molecule has 3 rings (SSSR count). The van der Waals surface area contributed by atoms with Crippen molar-refractivity contribution >= 4 is 5.97 Å². The first-order chi connectivity index (χ1) is 17.0. The van der Waals surface area contributed by atoms with Crippen LogP contribution in [0.15, 0.2) is 12.1 Å². The molecule has 168 valence electrons. The predicted octanol–water partition coefficient (Wildman–Crippen LogP) is 3.56. The van der Waals surface area contributed by atoms with Crippen molar-refractivity contribution in [3.05, 3.63) is 23.2 Å². The molecule has 0 radical (unpaired) electrons. The second-order valence-electron chi connectivity index (χ2n) is 8.54. The second-order valence-corrected chi connectivity index (χ2v) is 8.54. The summed E-state index contributed by atoms with van der Waals surface area (Å²) in [5, 5.41) is 0. The minimum Gasteiger partial charge on any atom is -0.493 e. The lowest BCUT2D eigenvalue weighted by atomic mass is 9.79. The first kappa shape index (κ1) is 15.1. The van der Waals surface area contributed by atoms with Crippen molar-refractivity contribution in [3.8, 4) is 11.5 Å². The highest BCUT2D eigenvalue weighted by molar-refractivity contribution is 5.76. The third-order valence-electron chi connectivity index (χ3n) is 5.41. The first-order valence-electron chi connectivity index (χ1n) is 14.0. The highest BCUT2D eigenvalue weighted by Gasteiger charge is 2.41. The molecule has 0 saturated carbocycles. The fourth-order valence-corrected chi connectivity index (χ4v) is 3.70. The van der Waals surface area contributed by atoms with E-state index in [1.807, 2.05) is 0 Å². The van der Waals surface area contributed by atoms with Crippen LogP contribution in [0, 0.1) is 17.7 Å². The summed E-state index contributed by atoms with van der Waals surface area (Å²) in [4.78, 5) is 14.2. The lowest BCUT2D eigenvalue weighted by Gasteiger charge is -2.47. The summed E-state index contributed by atoms with van der Waals surface area (Å²) in [5.74, 6) is -3.66. The first-order valence-corrected chi connectivity index (χ1v) is 10.5. The molecule has 1 aromatic rings. The lowest BCUT2D eigenvalue weighted by molar-refractivity contribution is -0.160. The summed E-state index contributed by atoms with van der Waals surface area (Å²) in [6.07, 6.45) is -4.31. The van der Waals surface area contributed by atoms with Gasteiger partial charge in [0.2, 0.25) is 0 Å². The van der Waals surface area contributed by atoms with Gasteiger partial charge in [0.15, 0.2) is 11.5 Å². The largest absolute Gasteiger partial charge is 0.493 e. The van der Waals surface area contributed by atoms with Gasteiger partial charge in [-0.05, 0) is 47.9 Å². The Hall–Kier alpha value is -1.79. The summed E-state index contributed by atoms with van der Waals surface area (Å²) in [5.41, 5.74) is 6.41. The smallest absolute Gasteiger partial charge is 0.323 e. The van der Waals surface area contributed by atoms with Gasteiger partial charge in [-0.1, -0.05) is 27.7 Å². The molecular weight excluding hydrogens is 380 g/mol. The van der Waals surface area contributed by atoms with Crippen LogP contribution in [0.2, 0.25) is 0 Å². The summed E-state index contributed by atoms with van der Waals surface area (Å²) in [6.45, 7) is 4.55. The van der Waals surface area contributed by atoms with Gasteiger partial charge in [-0.25, -0.2) is 0 Å². The Labute approximate surface area is 190 Å². The van der Waals surface area contributed by atoms with Gasteiger partial charge in [0.25, 0.3) is 0 Å². The molecule has 2 N–H and O–H groups in total. The van der Waals surface area contributed by atoms with Crippen LogP contribution in [0.1, 0.15) is 67.3 Å². The van der Waals surface area contributed by atoms with E-state index in [2.05, 4.69) is 0 Å². The zero-order valence-electron chi connectivity index (χ0n) is 25.7. The van der Waals surface area contributed by atoms with Crippen LogP contribution in [0.5, 0.6) is 11.5 Å². The van der Waals surface area contributed by atoms with Gasteiger partial charge in [0, 0.05) is 38.2 Å². The van der Waals surface area contributed by atoms with Crippen LogP contribution < -0.4 is 15.2 Å². The monoisotopic (exact) mass is 425 g/mol. The van der Waals surface area contributed by atoms with E-state index in [4.69, 9.17) is 25.4 Å². The minimum atomic E-state index is -2.52. The molecule has 0 aliphatic carbocycles. The maximum absolute atomic E-state index is 13.0. The van der Waals surface area contributed by atoms with Crippen LogP contribution in [-0.2, 0) is 16.0 Å². The maximum Gasteiger partial charge on any atom is 0.323 e. The number of rotatable bonds is 7. The highest BCUT2D eigenvalue weighted by atomic mass is 16.5. The number of methoxy groups -OCH3 is 2. The van der Waals surface area contributed by atoms with Crippen molar-refractivity contribution in [3.63, 3.8) is 0 Å². The van der Waals surface area contributed by atoms with E-state index in [1.54, 1.807) is 27.7 Å². The van der Waals surface area contributed by atoms with Crippen molar-refractivity contribution < 1.29 is 28.6 Å². The SMILES string of the molecule is [2H]c1c2c(c([2H])c(OC)c1OC)C1N(CC2)C([2H])([2H])C([2H])(CC(C)C)C(OC(=O)[C@@H](N)C(C)C)C1([2H])[2H]. The Bertz CT molecular complexity index is 1050. The summed E-state index contributed by atoms with van der Waals surface area (Å²) in [6, 6.07) is -2.81. The van der Waals surface area contributed by atoms with E-state index in [-0.39, 0.29) is 60.4 Å². The van der Waals surface area contributed by atoms with Gasteiger partial charge in [-0.15, -0.1) is 0 Å². The molecule has 1 aromatic carbocycles. The number of hydrogen-bond donors (Lipinski definition) is 1. The molecule has 3 unspecified atom stereocenters. The summed E-state index contributed by atoms with van der Waals surface area (Å²) in [7, 11) is 2.66. The third-order valence-corrected chi connectivity index (χ3v) is 5.41. The average Bonchev–Trinajstić information content (AvgIpc) is 2.81. The van der Waals surface area contributed by atoms with Crippen LogP contribution in [-0.4, -0.2) is 50.3 Å². The van der Waals surface area contributed by atoms with E-state index in [9.17, 15) is 8.91 Å². The number of carbonyl (C=O) groups excluding carboxylic acids is 1. The Morgan fingerprint density at radius 3 is 2.57 bits per heavy atom. The number of esters is 1. The molecule has 2 heterocycles. The van der Waals surface area contributed by atoms with E-state index in [0.29, 0.717) is 5.56 Å². The molecule has 1 fully saturated rings. The zero-order chi connectivity index (χ0) is 28.2. The lowest BCUT2D eigenvalue weighted by Crippen LogP contribution is -2.51. The molecule has 4 atom stereocenters. The second kappa shape index (κ2) is 9.56. The van der Waals surface area contributed by atoms with Crippen LogP contribution >= 0.6 is 0 Å². The van der Waals surface area contributed by atoms with Gasteiger partial charge in [-0.2, -0.15) is 0 Å². The van der Waals surface area contributed by atoms with Gasteiger partial charge >= 0.3 is 5.97 Å². The Morgan fingerprint density at radius 2 is 1.97 bits per heavy atom. The quantitative estimate of drug-likeness (QED) is 0.673. The van der Waals surface area contributed by atoms with Gasteiger partial charge < -0.3 is 19.9 Å². The number of ether oxygens (including phenoxy) is 3. The number of carbonyl (C=O) groups is 1. The van der Waals surface area contributed by atoms with E-state index >= 15 is 0 Å². The molecule has 2 aliphatic heterocycles. The minimum absolute atomic E-state index is 0.00409. The molecule has 6 heteroatoms. The van der Waals surface area contributed by atoms with E-state index in [0.717, 1.165) is 0 Å². The van der Waals surface area contributed by atoms with Gasteiger partial charge in [-0.3, -0.25) is 9.69 Å². The Morgan fingerprint density at radius 1 is 1.30 bits per heavy atom. The van der Waals surface area contributed by atoms with Gasteiger partial charge in [0.1, 0.15) is 12.1 Å².